The van der Waals surface area contributed by atoms with Gasteiger partial charge in [-0.1, -0.05) is 6.92 Å². The van der Waals surface area contributed by atoms with E-state index in [1.807, 2.05) is 32.0 Å². The third kappa shape index (κ3) is 7.94. The summed E-state index contributed by atoms with van der Waals surface area (Å²) in [4.78, 5) is 25.2. The highest BCUT2D eigenvalue weighted by molar-refractivity contribution is 6.63. The highest BCUT2D eigenvalue weighted by Gasteiger charge is 2.07. The minimum atomic E-state index is -0.273. The van der Waals surface area contributed by atoms with Gasteiger partial charge in [0.25, 0.3) is 5.91 Å². The Balaban J connectivity index is 0.000000696. The number of nitrogens with two attached hydrogens (primary N) is 1. The minimum Gasteiger partial charge on any atom is -0.489 e. The van der Waals surface area contributed by atoms with Crippen LogP contribution in [0.25, 0.3) is 0 Å². The highest BCUT2D eigenvalue weighted by atomic mass is 35.5. The Morgan fingerprint density at radius 2 is 1.89 bits per heavy atom. The largest absolute Gasteiger partial charge is 0.489 e. The topological polar surface area (TPSA) is 104 Å². The van der Waals surface area contributed by atoms with Crippen molar-refractivity contribution >= 4 is 34.3 Å². The molecule has 28 heavy (non-hydrogen) atoms. The molecule has 0 saturated heterocycles. The van der Waals surface area contributed by atoms with Crippen LogP contribution in [0.1, 0.15) is 30.0 Å². The maximum atomic E-state index is 11.5. The number of aromatic nitrogens is 1. The fraction of sp³-hybridized carbons (Fsp3) is 0.350. The minimum absolute atomic E-state index is 0.00762. The molecule has 0 radical (unpaired) electrons. The molecule has 2 aromatic rings. The fourth-order valence-corrected chi connectivity index (χ4v) is 2.08. The number of amides is 1. The van der Waals surface area contributed by atoms with Crippen LogP contribution in [0, 0.1) is 13.8 Å². The molecule has 0 atom stereocenters. The zero-order chi connectivity index (χ0) is 21.1. The first-order chi connectivity index (χ1) is 13.3. The van der Waals surface area contributed by atoms with Crippen molar-refractivity contribution in [3.63, 3.8) is 0 Å². The fourth-order valence-electron chi connectivity index (χ4n) is 2.08. The van der Waals surface area contributed by atoms with Crippen molar-refractivity contribution in [1.29, 1.82) is 0 Å². The van der Waals surface area contributed by atoms with Gasteiger partial charge in [-0.05, 0) is 66.4 Å². The zero-order valence-corrected chi connectivity index (χ0v) is 17.3. The highest BCUT2D eigenvalue weighted by Crippen LogP contribution is 2.26. The second-order valence-corrected chi connectivity index (χ2v) is 6.35. The molecule has 0 bridgehead atoms. The van der Waals surface area contributed by atoms with Gasteiger partial charge in [0.05, 0.1) is 0 Å². The first kappa shape index (κ1) is 23.4. The molecule has 8 heteroatoms. The molecule has 2 rings (SSSR count). The Morgan fingerprint density at radius 3 is 2.50 bits per heavy atom. The molecule has 1 amide bonds. The second-order valence-electron chi connectivity index (χ2n) is 5.93. The summed E-state index contributed by atoms with van der Waals surface area (Å²) in [5.41, 5.74) is 9.57. The second kappa shape index (κ2) is 11.9. The molecule has 7 nitrogen and oxygen atoms in total. The number of hydrogen-bond acceptors (Lipinski definition) is 6. The molecule has 0 aliphatic heterocycles. The van der Waals surface area contributed by atoms with E-state index in [1.165, 1.54) is 7.11 Å². The van der Waals surface area contributed by atoms with E-state index >= 15 is 0 Å². The van der Waals surface area contributed by atoms with Gasteiger partial charge in [0, 0.05) is 25.4 Å². The van der Waals surface area contributed by atoms with Gasteiger partial charge in [-0.2, -0.15) is 0 Å². The number of hydrogen-bond donors (Lipinski definition) is 2. The number of nitrogens with zero attached hydrogens (tertiary/aromatic N) is 1. The molecule has 0 saturated carbocycles. The molecule has 1 aromatic carbocycles. The van der Waals surface area contributed by atoms with Gasteiger partial charge < -0.3 is 20.5 Å². The van der Waals surface area contributed by atoms with Gasteiger partial charge in [0.1, 0.15) is 24.8 Å². The molecular weight excluding hydrogens is 382 g/mol. The van der Waals surface area contributed by atoms with Gasteiger partial charge in [0.15, 0.2) is 0 Å². The summed E-state index contributed by atoms with van der Waals surface area (Å²) < 4.78 is 10.6. The maximum Gasteiger partial charge on any atom is 0.251 e. The van der Waals surface area contributed by atoms with Crippen LogP contribution in [-0.4, -0.2) is 29.9 Å². The van der Waals surface area contributed by atoms with Crippen molar-refractivity contribution < 1.29 is 19.1 Å². The van der Waals surface area contributed by atoms with Gasteiger partial charge in [-0.15, -0.1) is 0 Å². The summed E-state index contributed by atoms with van der Waals surface area (Å²) in [7, 11) is 1.47. The van der Waals surface area contributed by atoms with Gasteiger partial charge in [0.2, 0.25) is 5.24 Å². The standard InChI is InChI=1S/C17H21N3O3.C3H5ClO/c1-11-12(2)15(5-4-14(11)18)23-9-13-6-7-19-16(8-13)20-17(21)10-22-3;1-2-3(4)5/h4-8H,9-10,18H2,1-3H3,(H,19,20,21);2H2,1H3. The van der Waals surface area contributed by atoms with Crippen molar-refractivity contribution in [1.82, 2.24) is 4.98 Å². The van der Waals surface area contributed by atoms with Crippen molar-refractivity contribution in [2.75, 3.05) is 24.8 Å². The number of nitrogens with one attached hydrogen (secondary N) is 1. The predicted octanol–water partition coefficient (Wildman–Crippen LogP) is 3.61. The first-order valence-corrected chi connectivity index (χ1v) is 9.06. The SMILES string of the molecule is CCC(=O)Cl.COCC(=O)Nc1cc(COc2ccc(N)c(C)c2C)ccn1. The van der Waals surface area contributed by atoms with E-state index in [0.29, 0.717) is 18.8 Å². The number of methoxy groups -OCH3 is 1. The van der Waals surface area contributed by atoms with Crippen LogP contribution in [0.15, 0.2) is 30.5 Å². The smallest absolute Gasteiger partial charge is 0.251 e. The van der Waals surface area contributed by atoms with E-state index in [1.54, 1.807) is 19.2 Å². The lowest BCUT2D eigenvalue weighted by Crippen LogP contribution is -2.18. The Morgan fingerprint density at radius 1 is 1.21 bits per heavy atom. The Kier molecular flexibility index (Phi) is 9.98. The molecule has 1 heterocycles. The lowest BCUT2D eigenvalue weighted by atomic mass is 10.1. The molecule has 0 aliphatic carbocycles. The number of halogens is 1. The zero-order valence-electron chi connectivity index (χ0n) is 16.5. The van der Waals surface area contributed by atoms with Crippen LogP contribution in [0.4, 0.5) is 11.5 Å². The number of nitrogen functional groups attached to an aromatic ring is 1. The molecule has 0 fully saturated rings. The van der Waals surface area contributed by atoms with Gasteiger partial charge in [-0.3, -0.25) is 9.59 Å². The molecule has 3 N–H and O–H groups in total. The third-order valence-corrected chi connectivity index (χ3v) is 4.09. The van der Waals surface area contributed by atoms with E-state index in [-0.39, 0.29) is 17.8 Å². The van der Waals surface area contributed by atoms with Crippen molar-refractivity contribution in [3.8, 4) is 5.75 Å². The Bertz CT molecular complexity index is 812. The number of ether oxygens (including phenoxy) is 2. The van der Waals surface area contributed by atoms with Crippen LogP contribution in [-0.2, 0) is 20.9 Å². The number of benzene rings is 1. The first-order valence-electron chi connectivity index (χ1n) is 8.69. The molecule has 1 aromatic heterocycles. The molecular formula is C20H26ClN3O4. The maximum absolute atomic E-state index is 11.5. The summed E-state index contributed by atoms with van der Waals surface area (Å²) in [6.07, 6.45) is 2.06. The number of carbonyl (C=O) groups excluding carboxylic acids is 2. The summed E-state index contributed by atoms with van der Waals surface area (Å²) in [6, 6.07) is 7.30. The van der Waals surface area contributed by atoms with Crippen LogP contribution in [0.2, 0.25) is 0 Å². The molecule has 0 unspecified atom stereocenters. The van der Waals surface area contributed by atoms with Crippen molar-refractivity contribution in [2.45, 2.75) is 33.8 Å². The van der Waals surface area contributed by atoms with Gasteiger partial charge >= 0.3 is 0 Å². The lowest BCUT2D eigenvalue weighted by molar-refractivity contribution is -0.119. The molecule has 0 aliphatic rings. The van der Waals surface area contributed by atoms with Gasteiger partial charge in [-0.25, -0.2) is 4.98 Å². The van der Waals surface area contributed by atoms with E-state index in [2.05, 4.69) is 10.3 Å². The molecule has 0 spiro atoms. The number of anilines is 2. The number of rotatable bonds is 7. The summed E-state index contributed by atoms with van der Waals surface area (Å²) in [6.45, 7) is 6.03. The van der Waals surface area contributed by atoms with Crippen LogP contribution in [0.3, 0.4) is 0 Å². The Labute approximate surface area is 170 Å². The van der Waals surface area contributed by atoms with E-state index in [4.69, 9.17) is 26.8 Å². The summed E-state index contributed by atoms with van der Waals surface area (Å²) in [5, 5.41) is 2.39. The van der Waals surface area contributed by atoms with Crippen molar-refractivity contribution in [3.05, 3.63) is 47.2 Å². The van der Waals surface area contributed by atoms with Crippen LogP contribution >= 0.6 is 11.6 Å². The predicted molar refractivity (Wildman–Crippen MR) is 111 cm³/mol. The van der Waals surface area contributed by atoms with Crippen LogP contribution in [0.5, 0.6) is 5.75 Å². The lowest BCUT2D eigenvalue weighted by Gasteiger charge is -2.13. The average Bonchev–Trinajstić information content (AvgIpc) is 2.66. The summed E-state index contributed by atoms with van der Waals surface area (Å²) >= 11 is 4.82. The monoisotopic (exact) mass is 407 g/mol. The van der Waals surface area contributed by atoms with E-state index in [0.717, 1.165) is 28.1 Å². The quantitative estimate of drug-likeness (QED) is 0.536. The van der Waals surface area contributed by atoms with E-state index < -0.39 is 0 Å². The number of carbonyl (C=O) groups is 2. The normalized spacial score (nSPS) is 9.89. The van der Waals surface area contributed by atoms with E-state index in [9.17, 15) is 9.59 Å². The van der Waals surface area contributed by atoms with Crippen LogP contribution < -0.4 is 15.8 Å². The Hall–Kier alpha value is -2.64. The van der Waals surface area contributed by atoms with Crippen molar-refractivity contribution in [2.24, 2.45) is 0 Å². The number of pyridine rings is 1. The average molecular weight is 408 g/mol. The molecule has 152 valence electrons. The summed E-state index contributed by atoms with van der Waals surface area (Å²) in [5.74, 6) is 1.01. The third-order valence-electron chi connectivity index (χ3n) is 3.82.